The fraction of sp³-hybridized carbons (Fsp3) is 0.333. The Labute approximate surface area is 127 Å². The number of carbonyl (C=O) groups is 2. The summed E-state index contributed by atoms with van der Waals surface area (Å²) in [6.45, 7) is 3.05. The molecule has 0 saturated heterocycles. The van der Waals surface area contributed by atoms with Crippen LogP contribution in [0, 0.1) is 6.92 Å². The number of furan rings is 1. The van der Waals surface area contributed by atoms with Crippen LogP contribution in [0.5, 0.6) is 0 Å². The zero-order valence-electron chi connectivity index (χ0n) is 11.8. The molecule has 21 heavy (non-hydrogen) atoms. The molecular weight excluding hydrogens is 288 g/mol. The van der Waals surface area contributed by atoms with Crippen molar-refractivity contribution in [2.75, 3.05) is 6.54 Å². The number of thiophene rings is 1. The van der Waals surface area contributed by atoms with Crippen molar-refractivity contribution in [1.82, 2.24) is 10.6 Å². The number of rotatable bonds is 7. The van der Waals surface area contributed by atoms with Gasteiger partial charge >= 0.3 is 0 Å². The van der Waals surface area contributed by atoms with E-state index in [4.69, 9.17) is 4.42 Å². The lowest BCUT2D eigenvalue weighted by atomic mass is 10.2. The highest BCUT2D eigenvalue weighted by molar-refractivity contribution is 7.10. The summed E-state index contributed by atoms with van der Waals surface area (Å²) in [5.74, 6) is 0.0253. The van der Waals surface area contributed by atoms with Crippen molar-refractivity contribution in [1.29, 1.82) is 0 Å². The smallest absolute Gasteiger partial charge is 0.286 e. The Morgan fingerprint density at radius 1 is 1.29 bits per heavy atom. The Morgan fingerprint density at radius 3 is 2.81 bits per heavy atom. The van der Waals surface area contributed by atoms with Crippen LogP contribution in [0.2, 0.25) is 0 Å². The molecule has 0 spiro atoms. The summed E-state index contributed by atoms with van der Waals surface area (Å²) in [5, 5.41) is 7.61. The van der Waals surface area contributed by atoms with Gasteiger partial charge in [-0.2, -0.15) is 0 Å². The van der Waals surface area contributed by atoms with Crippen molar-refractivity contribution >= 4 is 23.2 Å². The Balaban J connectivity index is 1.59. The molecule has 2 N–H and O–H groups in total. The van der Waals surface area contributed by atoms with Crippen molar-refractivity contribution in [2.45, 2.75) is 26.3 Å². The molecule has 2 amide bonds. The summed E-state index contributed by atoms with van der Waals surface area (Å²) in [6.07, 6.45) is 2.44. The maximum absolute atomic E-state index is 11.7. The number of hydrogen-bond donors (Lipinski definition) is 2. The molecule has 0 bridgehead atoms. The van der Waals surface area contributed by atoms with E-state index in [1.54, 1.807) is 23.5 Å². The molecule has 0 aliphatic heterocycles. The van der Waals surface area contributed by atoms with Crippen molar-refractivity contribution in [3.8, 4) is 0 Å². The summed E-state index contributed by atoms with van der Waals surface area (Å²) in [6, 6.07) is 5.30. The van der Waals surface area contributed by atoms with Gasteiger partial charge in [0.15, 0.2) is 5.76 Å². The average Bonchev–Trinajstić information content (AvgIpc) is 3.12. The third-order valence-electron chi connectivity index (χ3n) is 3.03. The molecule has 2 heterocycles. The molecule has 6 heteroatoms. The molecule has 0 fully saturated rings. The van der Waals surface area contributed by atoms with E-state index in [1.807, 2.05) is 18.4 Å². The highest BCUT2D eigenvalue weighted by atomic mass is 32.1. The third-order valence-corrected chi connectivity index (χ3v) is 4.05. The van der Waals surface area contributed by atoms with Gasteiger partial charge in [-0.3, -0.25) is 9.59 Å². The summed E-state index contributed by atoms with van der Waals surface area (Å²) < 4.78 is 4.97. The van der Waals surface area contributed by atoms with Gasteiger partial charge in [0, 0.05) is 17.8 Å². The van der Waals surface area contributed by atoms with Crippen molar-refractivity contribution in [3.63, 3.8) is 0 Å². The molecular formula is C15H18N2O3S. The summed E-state index contributed by atoms with van der Waals surface area (Å²) in [5.41, 5.74) is 1.20. The fourth-order valence-electron chi connectivity index (χ4n) is 1.80. The predicted molar refractivity (Wildman–Crippen MR) is 81.2 cm³/mol. The molecule has 0 radical (unpaired) electrons. The number of aryl methyl sites for hydroxylation is 1. The first-order chi connectivity index (χ1) is 10.2. The molecule has 112 valence electrons. The van der Waals surface area contributed by atoms with Crippen LogP contribution in [0.3, 0.4) is 0 Å². The van der Waals surface area contributed by atoms with Crippen LogP contribution in [-0.4, -0.2) is 18.4 Å². The van der Waals surface area contributed by atoms with Gasteiger partial charge in [-0.1, -0.05) is 0 Å². The van der Waals surface area contributed by atoms with Gasteiger partial charge in [-0.05, 0) is 42.5 Å². The van der Waals surface area contributed by atoms with E-state index in [2.05, 4.69) is 10.6 Å². The molecule has 0 atom stereocenters. The number of hydrogen-bond acceptors (Lipinski definition) is 4. The number of nitrogens with one attached hydrogen (secondary N) is 2. The largest absolute Gasteiger partial charge is 0.459 e. The lowest BCUT2D eigenvalue weighted by molar-refractivity contribution is -0.121. The zero-order valence-corrected chi connectivity index (χ0v) is 12.7. The van der Waals surface area contributed by atoms with Crippen LogP contribution in [0.1, 0.15) is 33.8 Å². The number of amides is 2. The Bertz CT molecular complexity index is 590. The quantitative estimate of drug-likeness (QED) is 0.772. The topological polar surface area (TPSA) is 71.3 Å². The monoisotopic (exact) mass is 306 g/mol. The normalized spacial score (nSPS) is 10.3. The molecule has 0 aromatic carbocycles. The van der Waals surface area contributed by atoms with E-state index in [-0.39, 0.29) is 17.6 Å². The molecule has 0 unspecified atom stereocenters. The fourth-order valence-corrected chi connectivity index (χ4v) is 2.64. The van der Waals surface area contributed by atoms with Gasteiger partial charge in [0.1, 0.15) is 0 Å². The Morgan fingerprint density at radius 2 is 2.14 bits per heavy atom. The van der Waals surface area contributed by atoms with Gasteiger partial charge in [-0.25, -0.2) is 0 Å². The number of carbonyl (C=O) groups excluding carboxylic acids is 2. The first kappa shape index (κ1) is 15.3. The van der Waals surface area contributed by atoms with Crippen molar-refractivity contribution in [2.24, 2.45) is 0 Å². The van der Waals surface area contributed by atoms with Gasteiger partial charge in [-0.15, -0.1) is 11.3 Å². The van der Waals surface area contributed by atoms with Gasteiger partial charge in [0.2, 0.25) is 5.91 Å². The Kier molecular flexibility index (Phi) is 5.57. The van der Waals surface area contributed by atoms with Crippen molar-refractivity contribution < 1.29 is 14.0 Å². The van der Waals surface area contributed by atoms with E-state index in [0.717, 1.165) is 0 Å². The highest BCUT2D eigenvalue weighted by Crippen LogP contribution is 2.14. The second-order valence-corrected chi connectivity index (χ2v) is 5.64. The molecule has 2 aromatic heterocycles. The molecule has 0 aliphatic carbocycles. The van der Waals surface area contributed by atoms with Crippen molar-refractivity contribution in [3.05, 3.63) is 46.0 Å². The van der Waals surface area contributed by atoms with Crippen LogP contribution in [0.15, 0.2) is 34.3 Å². The van der Waals surface area contributed by atoms with Crippen LogP contribution < -0.4 is 10.6 Å². The lowest BCUT2D eigenvalue weighted by Crippen LogP contribution is -2.27. The van der Waals surface area contributed by atoms with E-state index in [0.29, 0.717) is 25.9 Å². The minimum atomic E-state index is -0.255. The summed E-state index contributed by atoms with van der Waals surface area (Å²) >= 11 is 1.64. The molecule has 2 aromatic rings. The average molecular weight is 306 g/mol. The third kappa shape index (κ3) is 4.75. The second-order valence-electron chi connectivity index (χ2n) is 4.64. The minimum absolute atomic E-state index is 0.00459. The lowest BCUT2D eigenvalue weighted by Gasteiger charge is -2.05. The van der Waals surface area contributed by atoms with E-state index < -0.39 is 0 Å². The van der Waals surface area contributed by atoms with Gasteiger partial charge < -0.3 is 15.1 Å². The predicted octanol–water partition coefficient (Wildman–Crippen LogP) is 2.48. The standard InChI is InChI=1S/C15H18N2O3S/c1-11-6-9-21-13(11)10-17-14(18)5-2-7-16-15(19)12-4-3-8-20-12/h3-4,6,8-9H,2,5,7,10H2,1H3,(H,16,19)(H,17,18). The molecule has 2 rings (SSSR count). The zero-order chi connectivity index (χ0) is 15.1. The minimum Gasteiger partial charge on any atom is -0.459 e. The molecule has 0 aliphatic rings. The van der Waals surface area contributed by atoms with Crippen LogP contribution in [-0.2, 0) is 11.3 Å². The van der Waals surface area contributed by atoms with Gasteiger partial charge in [0.25, 0.3) is 5.91 Å². The second kappa shape index (κ2) is 7.64. The molecule has 5 nitrogen and oxygen atoms in total. The summed E-state index contributed by atoms with van der Waals surface area (Å²) in [4.78, 5) is 24.4. The van der Waals surface area contributed by atoms with Crippen LogP contribution in [0.4, 0.5) is 0 Å². The van der Waals surface area contributed by atoms with E-state index in [1.165, 1.54) is 16.7 Å². The highest BCUT2D eigenvalue weighted by Gasteiger charge is 2.08. The molecule has 0 saturated carbocycles. The Hall–Kier alpha value is -2.08. The van der Waals surface area contributed by atoms with E-state index >= 15 is 0 Å². The first-order valence-electron chi connectivity index (χ1n) is 6.78. The summed E-state index contributed by atoms with van der Waals surface area (Å²) in [7, 11) is 0. The van der Waals surface area contributed by atoms with E-state index in [9.17, 15) is 9.59 Å². The van der Waals surface area contributed by atoms with Gasteiger partial charge in [0.05, 0.1) is 12.8 Å². The van der Waals surface area contributed by atoms with Crippen LogP contribution in [0.25, 0.3) is 0 Å². The maximum Gasteiger partial charge on any atom is 0.286 e. The maximum atomic E-state index is 11.7. The SMILES string of the molecule is Cc1ccsc1CNC(=O)CCCNC(=O)c1ccco1. The van der Waals surface area contributed by atoms with Crippen LogP contribution >= 0.6 is 11.3 Å². The first-order valence-corrected chi connectivity index (χ1v) is 7.66.